The number of nitrogens with zero attached hydrogens (tertiary/aromatic N) is 1. The monoisotopic (exact) mass is 474 g/mol. The molecular formula is C27H23ClN2O4. The molecule has 3 aromatic carbocycles. The van der Waals surface area contributed by atoms with Gasteiger partial charge in [0, 0.05) is 16.7 Å². The van der Waals surface area contributed by atoms with Crippen LogP contribution in [-0.2, 0) is 0 Å². The minimum absolute atomic E-state index is 0.00750. The second kappa shape index (κ2) is 10.3. The lowest BCUT2D eigenvalue weighted by Gasteiger charge is -2.26. The summed E-state index contributed by atoms with van der Waals surface area (Å²) < 4.78 is 17.1. The molecule has 0 amide bonds. The predicted octanol–water partition coefficient (Wildman–Crippen LogP) is 5.96. The third-order valence-corrected chi connectivity index (χ3v) is 5.72. The Hall–Kier alpha value is -3.95. The van der Waals surface area contributed by atoms with E-state index < -0.39 is 11.9 Å². The number of carbonyl (C=O) groups is 1. The molecule has 1 unspecified atom stereocenters. The first kappa shape index (κ1) is 23.2. The van der Waals surface area contributed by atoms with Gasteiger partial charge >= 0.3 is 5.97 Å². The zero-order valence-electron chi connectivity index (χ0n) is 18.6. The van der Waals surface area contributed by atoms with Gasteiger partial charge in [0.25, 0.3) is 0 Å². The third-order valence-electron chi connectivity index (χ3n) is 5.47. The summed E-state index contributed by atoms with van der Waals surface area (Å²) in [6, 6.07) is 21.4. The number of rotatable bonds is 7. The number of nitriles is 1. The molecule has 0 spiro atoms. The summed E-state index contributed by atoms with van der Waals surface area (Å²) in [5, 5.41) is 10.3. The van der Waals surface area contributed by atoms with Crippen molar-refractivity contribution in [1.29, 1.82) is 5.26 Å². The van der Waals surface area contributed by atoms with Crippen LogP contribution in [0.2, 0.25) is 5.02 Å². The SMILES string of the molecule is CCCCOc1ccccc1C(=O)Oc1ccc2c(c1)OC(N)=C(C#N)C2c1ccc(Cl)cc1. The molecule has 0 saturated carbocycles. The average molecular weight is 475 g/mol. The Bertz CT molecular complexity index is 1280. The minimum Gasteiger partial charge on any atom is -0.493 e. The second-order valence-corrected chi connectivity index (χ2v) is 8.20. The van der Waals surface area contributed by atoms with Crippen LogP contribution in [0.15, 0.2) is 78.2 Å². The molecule has 1 atom stereocenters. The van der Waals surface area contributed by atoms with Gasteiger partial charge < -0.3 is 19.9 Å². The number of ether oxygens (including phenoxy) is 3. The molecule has 0 fully saturated rings. The Balaban J connectivity index is 1.62. The molecule has 6 nitrogen and oxygen atoms in total. The van der Waals surface area contributed by atoms with E-state index in [0.717, 1.165) is 24.0 Å². The van der Waals surface area contributed by atoms with Crippen molar-refractivity contribution in [2.75, 3.05) is 6.61 Å². The van der Waals surface area contributed by atoms with Crippen molar-refractivity contribution >= 4 is 17.6 Å². The quantitative estimate of drug-likeness (QED) is 0.258. The largest absolute Gasteiger partial charge is 0.493 e. The lowest BCUT2D eigenvalue weighted by molar-refractivity contribution is 0.0730. The number of para-hydroxylation sites is 1. The molecule has 7 heteroatoms. The first-order valence-corrected chi connectivity index (χ1v) is 11.3. The van der Waals surface area contributed by atoms with Crippen LogP contribution in [0.3, 0.4) is 0 Å². The van der Waals surface area contributed by atoms with E-state index in [1.165, 1.54) is 0 Å². The van der Waals surface area contributed by atoms with Gasteiger partial charge in [0.1, 0.15) is 34.5 Å². The van der Waals surface area contributed by atoms with Crippen LogP contribution in [0.5, 0.6) is 17.2 Å². The van der Waals surface area contributed by atoms with Crippen molar-refractivity contribution in [2.45, 2.75) is 25.7 Å². The first-order valence-electron chi connectivity index (χ1n) is 10.9. The van der Waals surface area contributed by atoms with Gasteiger partial charge in [0.05, 0.1) is 12.5 Å². The lowest BCUT2D eigenvalue weighted by Crippen LogP contribution is -2.21. The van der Waals surface area contributed by atoms with E-state index in [0.29, 0.717) is 34.3 Å². The molecule has 3 aromatic rings. The molecular weight excluding hydrogens is 452 g/mol. The van der Waals surface area contributed by atoms with Gasteiger partial charge in [0.2, 0.25) is 5.88 Å². The molecule has 172 valence electrons. The van der Waals surface area contributed by atoms with Gasteiger partial charge in [-0.05, 0) is 42.3 Å². The van der Waals surface area contributed by atoms with E-state index in [4.69, 9.17) is 31.5 Å². The van der Waals surface area contributed by atoms with Crippen molar-refractivity contribution in [3.63, 3.8) is 0 Å². The van der Waals surface area contributed by atoms with E-state index in [1.54, 1.807) is 48.5 Å². The molecule has 34 heavy (non-hydrogen) atoms. The Morgan fingerprint density at radius 3 is 2.65 bits per heavy atom. The first-order chi connectivity index (χ1) is 16.5. The van der Waals surface area contributed by atoms with E-state index in [1.807, 2.05) is 18.2 Å². The Kier molecular flexibility index (Phi) is 7.05. The molecule has 0 bridgehead atoms. The van der Waals surface area contributed by atoms with Gasteiger partial charge in [-0.15, -0.1) is 0 Å². The van der Waals surface area contributed by atoms with Gasteiger partial charge in [-0.1, -0.05) is 55.3 Å². The van der Waals surface area contributed by atoms with E-state index >= 15 is 0 Å². The summed E-state index contributed by atoms with van der Waals surface area (Å²) in [4.78, 5) is 12.9. The summed E-state index contributed by atoms with van der Waals surface area (Å²) in [6.45, 7) is 2.59. The summed E-state index contributed by atoms with van der Waals surface area (Å²) in [5.74, 6) is 0.211. The van der Waals surface area contributed by atoms with Gasteiger partial charge in [-0.25, -0.2) is 4.79 Å². The molecule has 1 aliphatic rings. The van der Waals surface area contributed by atoms with Gasteiger partial charge in [0.15, 0.2) is 0 Å². The van der Waals surface area contributed by atoms with Gasteiger partial charge in [-0.3, -0.25) is 0 Å². The summed E-state index contributed by atoms with van der Waals surface area (Å²) >= 11 is 6.03. The summed E-state index contributed by atoms with van der Waals surface area (Å²) in [6.07, 6.45) is 1.88. The molecule has 0 aromatic heterocycles. The van der Waals surface area contributed by atoms with Crippen molar-refractivity contribution in [3.05, 3.63) is 99.9 Å². The zero-order valence-corrected chi connectivity index (χ0v) is 19.3. The lowest BCUT2D eigenvalue weighted by atomic mass is 9.83. The van der Waals surface area contributed by atoms with Crippen molar-refractivity contribution < 1.29 is 19.0 Å². The molecule has 2 N–H and O–H groups in total. The normalized spacial score (nSPS) is 14.6. The summed E-state index contributed by atoms with van der Waals surface area (Å²) in [7, 11) is 0. The maximum absolute atomic E-state index is 12.9. The standard InChI is InChI=1S/C27H23ClN2O4/c1-2-3-14-32-23-7-5-4-6-21(23)27(31)33-19-12-13-20-24(15-19)34-26(30)22(16-29)25(20)17-8-10-18(28)11-9-17/h4-13,15,25H,2-3,14,30H2,1H3. The molecule has 0 aliphatic carbocycles. The fourth-order valence-electron chi connectivity index (χ4n) is 3.75. The zero-order chi connectivity index (χ0) is 24.1. The van der Waals surface area contributed by atoms with Crippen LogP contribution in [0.4, 0.5) is 0 Å². The van der Waals surface area contributed by atoms with E-state index in [-0.39, 0.29) is 11.6 Å². The Labute approximate surface area is 203 Å². The van der Waals surface area contributed by atoms with Gasteiger partial charge in [-0.2, -0.15) is 5.26 Å². The van der Waals surface area contributed by atoms with E-state index in [9.17, 15) is 10.1 Å². The molecule has 0 saturated heterocycles. The fraction of sp³-hybridized carbons (Fsp3) is 0.185. The van der Waals surface area contributed by atoms with Crippen LogP contribution in [0, 0.1) is 11.3 Å². The highest BCUT2D eigenvalue weighted by Gasteiger charge is 2.31. The maximum Gasteiger partial charge on any atom is 0.347 e. The maximum atomic E-state index is 12.9. The average Bonchev–Trinajstić information content (AvgIpc) is 2.84. The van der Waals surface area contributed by atoms with Crippen LogP contribution in [0.1, 0.15) is 47.2 Å². The highest BCUT2D eigenvalue weighted by Crippen LogP contribution is 2.43. The fourth-order valence-corrected chi connectivity index (χ4v) is 3.87. The van der Waals surface area contributed by atoms with Crippen molar-refractivity contribution in [1.82, 2.24) is 0 Å². The van der Waals surface area contributed by atoms with Crippen LogP contribution in [0.25, 0.3) is 0 Å². The second-order valence-electron chi connectivity index (χ2n) is 7.76. The van der Waals surface area contributed by atoms with Crippen molar-refractivity contribution in [3.8, 4) is 23.3 Å². The van der Waals surface area contributed by atoms with Crippen molar-refractivity contribution in [2.24, 2.45) is 5.73 Å². The number of unbranched alkanes of at least 4 members (excludes halogenated alkanes) is 1. The number of carbonyl (C=O) groups excluding carboxylic acids is 1. The van der Waals surface area contributed by atoms with Crippen LogP contribution in [-0.4, -0.2) is 12.6 Å². The third kappa shape index (κ3) is 4.85. The number of hydrogen-bond donors (Lipinski definition) is 1. The number of benzene rings is 3. The number of nitrogens with two attached hydrogens (primary N) is 1. The summed E-state index contributed by atoms with van der Waals surface area (Å²) in [5.41, 5.74) is 8.28. The minimum atomic E-state index is -0.543. The highest BCUT2D eigenvalue weighted by atomic mass is 35.5. The number of halogens is 1. The highest BCUT2D eigenvalue weighted by molar-refractivity contribution is 6.30. The molecule has 0 radical (unpaired) electrons. The number of esters is 1. The van der Waals surface area contributed by atoms with E-state index in [2.05, 4.69) is 13.0 Å². The molecule has 4 rings (SSSR count). The molecule has 1 heterocycles. The molecule has 1 aliphatic heterocycles. The number of allylic oxidation sites excluding steroid dienone is 1. The Morgan fingerprint density at radius 2 is 1.91 bits per heavy atom. The van der Waals surface area contributed by atoms with Crippen LogP contribution < -0.4 is 19.9 Å². The predicted molar refractivity (Wildman–Crippen MR) is 129 cm³/mol. The smallest absolute Gasteiger partial charge is 0.347 e. The topological polar surface area (TPSA) is 94.6 Å². The Morgan fingerprint density at radius 1 is 1.15 bits per heavy atom. The van der Waals surface area contributed by atoms with Crippen LogP contribution >= 0.6 is 11.6 Å². The number of hydrogen-bond acceptors (Lipinski definition) is 6. The number of fused-ring (bicyclic) bond motifs is 1.